The van der Waals surface area contributed by atoms with E-state index >= 15 is 0 Å². The summed E-state index contributed by atoms with van der Waals surface area (Å²) in [6, 6.07) is 0. The third kappa shape index (κ3) is 1.99. The van der Waals surface area contributed by atoms with Gasteiger partial charge in [-0.1, -0.05) is 11.6 Å². The van der Waals surface area contributed by atoms with E-state index in [1.165, 1.54) is 6.20 Å². The smallest absolute Gasteiger partial charge is 0.178 e. The lowest BCUT2D eigenvalue weighted by Gasteiger charge is -2.00. The molecule has 0 atom stereocenters. The quantitative estimate of drug-likeness (QED) is 0.761. The summed E-state index contributed by atoms with van der Waals surface area (Å²) in [5, 5.41) is 11.3. The molecule has 0 saturated heterocycles. The summed E-state index contributed by atoms with van der Waals surface area (Å²) in [5.41, 5.74) is 2.59. The van der Waals surface area contributed by atoms with Crippen LogP contribution in [0.25, 0.3) is 11.2 Å². The van der Waals surface area contributed by atoms with Gasteiger partial charge in [0.15, 0.2) is 5.65 Å². The Hall–Kier alpha value is -1.95. The van der Waals surface area contributed by atoms with Gasteiger partial charge in [-0.25, -0.2) is 14.6 Å². The maximum absolute atomic E-state index is 5.82. The van der Waals surface area contributed by atoms with E-state index in [4.69, 9.17) is 11.6 Å². The Morgan fingerprint density at radius 3 is 3.06 bits per heavy atom. The number of aromatic nitrogens is 6. The van der Waals surface area contributed by atoms with E-state index in [2.05, 4.69) is 25.3 Å². The van der Waals surface area contributed by atoms with Crippen LogP contribution in [0.15, 0.2) is 24.8 Å². The highest BCUT2D eigenvalue weighted by Gasteiger charge is 2.06. The van der Waals surface area contributed by atoms with Gasteiger partial charge in [0.25, 0.3) is 0 Å². The van der Waals surface area contributed by atoms with E-state index in [-0.39, 0.29) is 0 Å². The topological polar surface area (TPSA) is 72.3 Å². The number of H-pyrrole nitrogens is 1. The number of halogens is 1. The molecule has 0 saturated carbocycles. The Kier molecular flexibility index (Phi) is 2.49. The van der Waals surface area contributed by atoms with E-state index in [0.717, 1.165) is 24.0 Å². The highest BCUT2D eigenvalue weighted by Crippen LogP contribution is 2.12. The second-order valence-electron chi connectivity index (χ2n) is 3.63. The summed E-state index contributed by atoms with van der Waals surface area (Å²) < 4.78 is 1.79. The molecule has 0 radical (unpaired) electrons. The van der Waals surface area contributed by atoms with E-state index in [1.807, 2.05) is 6.20 Å². The Morgan fingerprint density at radius 1 is 1.29 bits per heavy atom. The van der Waals surface area contributed by atoms with Crippen molar-refractivity contribution >= 4 is 22.8 Å². The Morgan fingerprint density at radius 2 is 2.24 bits per heavy atom. The fourth-order valence-corrected chi connectivity index (χ4v) is 1.77. The van der Waals surface area contributed by atoms with Crippen molar-refractivity contribution in [2.75, 3.05) is 0 Å². The lowest BCUT2D eigenvalue weighted by Crippen LogP contribution is -2.03. The monoisotopic (exact) mass is 248 g/mol. The van der Waals surface area contributed by atoms with E-state index in [9.17, 15) is 0 Å². The molecule has 3 aromatic rings. The van der Waals surface area contributed by atoms with Crippen LogP contribution < -0.4 is 0 Å². The lowest BCUT2D eigenvalue weighted by molar-refractivity contribution is 0.630. The van der Waals surface area contributed by atoms with Crippen molar-refractivity contribution in [1.29, 1.82) is 0 Å². The molecule has 0 amide bonds. The second-order valence-corrected chi connectivity index (χ2v) is 4.01. The number of hydrogen-bond donors (Lipinski definition) is 1. The van der Waals surface area contributed by atoms with Crippen LogP contribution in [0.4, 0.5) is 0 Å². The maximum atomic E-state index is 5.82. The van der Waals surface area contributed by atoms with E-state index in [0.29, 0.717) is 10.8 Å². The number of nitrogens with one attached hydrogen (secondary N) is 1. The molecule has 3 heterocycles. The van der Waals surface area contributed by atoms with Crippen molar-refractivity contribution in [3.63, 3.8) is 0 Å². The van der Waals surface area contributed by atoms with Gasteiger partial charge in [0.2, 0.25) is 0 Å². The van der Waals surface area contributed by atoms with Crippen LogP contribution in [-0.4, -0.2) is 29.9 Å². The molecule has 7 heteroatoms. The molecule has 3 aromatic heterocycles. The SMILES string of the molecule is Clc1cnc2cnn(CCc3cn[nH]c3)c2n1. The number of aryl methyl sites for hydroxylation is 2. The highest BCUT2D eigenvalue weighted by molar-refractivity contribution is 6.29. The zero-order valence-corrected chi connectivity index (χ0v) is 9.59. The van der Waals surface area contributed by atoms with Gasteiger partial charge in [-0.15, -0.1) is 0 Å². The average molecular weight is 249 g/mol. The number of fused-ring (bicyclic) bond motifs is 1. The molecule has 0 fully saturated rings. The molecule has 3 rings (SSSR count). The maximum Gasteiger partial charge on any atom is 0.178 e. The van der Waals surface area contributed by atoms with Crippen molar-refractivity contribution in [3.8, 4) is 0 Å². The number of aromatic amines is 1. The molecular weight excluding hydrogens is 240 g/mol. The third-order valence-electron chi connectivity index (χ3n) is 2.48. The molecule has 0 unspecified atom stereocenters. The van der Waals surface area contributed by atoms with Gasteiger partial charge in [0, 0.05) is 12.7 Å². The molecule has 1 N–H and O–H groups in total. The zero-order chi connectivity index (χ0) is 11.7. The first-order valence-corrected chi connectivity index (χ1v) is 5.52. The van der Waals surface area contributed by atoms with Crippen LogP contribution in [0.5, 0.6) is 0 Å². The standard InChI is InChI=1S/C10H9ClN6/c11-9-6-12-8-5-15-17(10(8)16-9)2-1-7-3-13-14-4-7/h3-6H,1-2H2,(H,13,14). The third-order valence-corrected chi connectivity index (χ3v) is 2.67. The summed E-state index contributed by atoms with van der Waals surface area (Å²) in [5.74, 6) is 0. The first-order valence-electron chi connectivity index (χ1n) is 5.14. The fourth-order valence-electron chi connectivity index (χ4n) is 1.64. The first-order chi connectivity index (χ1) is 8.33. The highest BCUT2D eigenvalue weighted by atomic mass is 35.5. The van der Waals surface area contributed by atoms with E-state index in [1.54, 1.807) is 17.1 Å². The summed E-state index contributed by atoms with van der Waals surface area (Å²) in [4.78, 5) is 8.37. The summed E-state index contributed by atoms with van der Waals surface area (Å²) in [7, 11) is 0. The lowest BCUT2D eigenvalue weighted by atomic mass is 10.2. The largest absolute Gasteiger partial charge is 0.285 e. The summed E-state index contributed by atoms with van der Waals surface area (Å²) in [6.45, 7) is 0.720. The number of nitrogens with zero attached hydrogens (tertiary/aromatic N) is 5. The molecule has 0 aliphatic rings. The normalized spacial score (nSPS) is 11.1. The van der Waals surface area contributed by atoms with Gasteiger partial charge in [-0.3, -0.25) is 5.10 Å². The number of hydrogen-bond acceptors (Lipinski definition) is 4. The minimum absolute atomic E-state index is 0.377. The van der Waals surface area contributed by atoms with Crippen molar-refractivity contribution in [2.24, 2.45) is 0 Å². The first kappa shape index (κ1) is 10.2. The van der Waals surface area contributed by atoms with Crippen LogP contribution in [0, 0.1) is 0 Å². The van der Waals surface area contributed by atoms with Crippen molar-refractivity contribution in [2.45, 2.75) is 13.0 Å². The van der Waals surface area contributed by atoms with Gasteiger partial charge in [0.1, 0.15) is 10.7 Å². The van der Waals surface area contributed by atoms with Crippen molar-refractivity contribution < 1.29 is 0 Å². The summed E-state index contributed by atoms with van der Waals surface area (Å²) >= 11 is 5.82. The van der Waals surface area contributed by atoms with Crippen LogP contribution >= 0.6 is 11.6 Å². The van der Waals surface area contributed by atoms with E-state index < -0.39 is 0 Å². The van der Waals surface area contributed by atoms with Crippen molar-refractivity contribution in [3.05, 3.63) is 35.5 Å². The minimum atomic E-state index is 0.377. The summed E-state index contributed by atoms with van der Waals surface area (Å²) in [6.07, 6.45) is 7.70. The molecule has 86 valence electrons. The van der Waals surface area contributed by atoms with Crippen LogP contribution in [-0.2, 0) is 13.0 Å². The van der Waals surface area contributed by atoms with Crippen LogP contribution in [0.1, 0.15) is 5.56 Å². The molecule has 0 bridgehead atoms. The predicted molar refractivity (Wildman–Crippen MR) is 62.6 cm³/mol. The molecule has 6 nitrogen and oxygen atoms in total. The van der Waals surface area contributed by atoms with Gasteiger partial charge in [-0.05, 0) is 12.0 Å². The molecule has 17 heavy (non-hydrogen) atoms. The number of rotatable bonds is 3. The molecule has 0 spiro atoms. The van der Waals surface area contributed by atoms with Crippen LogP contribution in [0.3, 0.4) is 0 Å². The average Bonchev–Trinajstić information content (AvgIpc) is 2.94. The van der Waals surface area contributed by atoms with Gasteiger partial charge in [0.05, 0.1) is 18.6 Å². The minimum Gasteiger partial charge on any atom is -0.285 e. The zero-order valence-electron chi connectivity index (χ0n) is 8.84. The molecule has 0 aliphatic carbocycles. The molecule has 0 aliphatic heterocycles. The Bertz CT molecular complexity index is 629. The van der Waals surface area contributed by atoms with Gasteiger partial charge in [-0.2, -0.15) is 10.2 Å². The van der Waals surface area contributed by atoms with Crippen molar-refractivity contribution in [1.82, 2.24) is 29.9 Å². The Balaban J connectivity index is 1.87. The Labute approximate surface area is 102 Å². The van der Waals surface area contributed by atoms with Gasteiger partial charge >= 0.3 is 0 Å². The van der Waals surface area contributed by atoms with Crippen LogP contribution in [0.2, 0.25) is 5.15 Å². The molecule has 0 aromatic carbocycles. The molecular formula is C10H9ClN6. The van der Waals surface area contributed by atoms with Gasteiger partial charge < -0.3 is 0 Å². The predicted octanol–water partition coefficient (Wildman–Crippen LogP) is 1.45. The fraction of sp³-hybridized carbons (Fsp3) is 0.200. The second kappa shape index (κ2) is 4.14.